The van der Waals surface area contributed by atoms with Crippen molar-refractivity contribution in [1.82, 2.24) is 0 Å². The fraction of sp³-hybridized carbons (Fsp3) is 0.391. The van der Waals surface area contributed by atoms with E-state index in [1.165, 1.54) is 0 Å². The second-order valence-corrected chi connectivity index (χ2v) is 7.70. The zero-order chi connectivity index (χ0) is 19.6. The zero-order valence-corrected chi connectivity index (χ0v) is 16.3. The van der Waals surface area contributed by atoms with E-state index in [9.17, 15) is 9.59 Å². The molecule has 2 aromatic rings. The van der Waals surface area contributed by atoms with Gasteiger partial charge in [-0.05, 0) is 22.3 Å². The molecule has 4 nitrogen and oxygen atoms in total. The second kappa shape index (κ2) is 7.55. The smallest absolute Gasteiger partial charge is 0.308 e. The van der Waals surface area contributed by atoms with Crippen molar-refractivity contribution in [2.45, 2.75) is 33.1 Å². The molecule has 0 bridgehead atoms. The number of esters is 2. The summed E-state index contributed by atoms with van der Waals surface area (Å²) in [7, 11) is 0. The lowest BCUT2D eigenvalue weighted by Crippen LogP contribution is -2.39. The largest absolute Gasteiger partial charge is 0.464 e. The summed E-state index contributed by atoms with van der Waals surface area (Å²) < 4.78 is 11.3. The molecule has 2 aromatic carbocycles. The number of carbonyl (C=O) groups excluding carboxylic acids is 2. The summed E-state index contributed by atoms with van der Waals surface area (Å²) >= 11 is 0. The van der Waals surface area contributed by atoms with Gasteiger partial charge in [-0.1, -0.05) is 76.2 Å². The Bertz CT molecular complexity index is 779. The van der Waals surface area contributed by atoms with Gasteiger partial charge < -0.3 is 9.47 Å². The molecule has 142 valence electrons. The molecule has 0 saturated heterocycles. The van der Waals surface area contributed by atoms with Gasteiger partial charge in [0.2, 0.25) is 0 Å². The highest BCUT2D eigenvalue weighted by Gasteiger charge is 2.45. The highest BCUT2D eigenvalue weighted by molar-refractivity contribution is 5.82. The van der Waals surface area contributed by atoms with Crippen LogP contribution in [0.4, 0.5) is 0 Å². The number of hydrogen-bond acceptors (Lipinski definition) is 4. The molecule has 27 heavy (non-hydrogen) atoms. The lowest BCUT2D eigenvalue weighted by molar-refractivity contribution is -0.153. The van der Waals surface area contributed by atoms with Gasteiger partial charge in [-0.15, -0.1) is 0 Å². The fourth-order valence-corrected chi connectivity index (χ4v) is 3.49. The summed E-state index contributed by atoms with van der Waals surface area (Å²) in [4.78, 5) is 24.4. The van der Waals surface area contributed by atoms with Crippen LogP contribution in [0.1, 0.15) is 38.8 Å². The van der Waals surface area contributed by atoms with Crippen LogP contribution in [-0.4, -0.2) is 25.2 Å². The molecule has 1 aliphatic carbocycles. The van der Waals surface area contributed by atoms with E-state index in [1.807, 2.05) is 64.1 Å². The van der Waals surface area contributed by atoms with E-state index < -0.39 is 5.41 Å². The minimum atomic E-state index is -0.692. The summed E-state index contributed by atoms with van der Waals surface area (Å²) in [5.41, 5.74) is 3.55. The lowest BCUT2D eigenvalue weighted by Gasteiger charge is -2.31. The third kappa shape index (κ3) is 3.48. The number of ether oxygens (including phenoxy) is 2. The van der Waals surface area contributed by atoms with E-state index in [0.717, 1.165) is 22.3 Å². The maximum atomic E-state index is 12.2. The van der Waals surface area contributed by atoms with Crippen molar-refractivity contribution in [3.8, 4) is 11.1 Å². The Morgan fingerprint density at radius 1 is 0.741 bits per heavy atom. The van der Waals surface area contributed by atoms with E-state index in [2.05, 4.69) is 12.1 Å². The Balaban J connectivity index is 2.06. The van der Waals surface area contributed by atoms with Crippen LogP contribution in [0.15, 0.2) is 48.5 Å². The Hall–Kier alpha value is -2.62. The summed E-state index contributed by atoms with van der Waals surface area (Å²) in [6.07, 6.45) is 0. The SMILES string of the molecule is CC(C)C(=O)OCC1(COC(=O)C(C)C)c2ccccc2-c2ccccc21. The van der Waals surface area contributed by atoms with Crippen LogP contribution in [0, 0.1) is 11.8 Å². The monoisotopic (exact) mass is 366 g/mol. The van der Waals surface area contributed by atoms with Crippen molar-refractivity contribution < 1.29 is 19.1 Å². The van der Waals surface area contributed by atoms with Gasteiger partial charge in [0.05, 0.1) is 17.3 Å². The molecule has 0 spiro atoms. The quantitative estimate of drug-likeness (QED) is 0.713. The first-order chi connectivity index (χ1) is 12.9. The summed E-state index contributed by atoms with van der Waals surface area (Å²) in [5.74, 6) is -0.947. The summed E-state index contributed by atoms with van der Waals surface area (Å²) in [6.45, 7) is 7.52. The minimum Gasteiger partial charge on any atom is -0.464 e. The predicted molar refractivity (Wildman–Crippen MR) is 104 cm³/mol. The molecule has 0 fully saturated rings. The van der Waals surface area contributed by atoms with Crippen LogP contribution in [0.5, 0.6) is 0 Å². The van der Waals surface area contributed by atoms with E-state index >= 15 is 0 Å². The predicted octanol–water partition coefficient (Wildman–Crippen LogP) is 4.35. The van der Waals surface area contributed by atoms with Gasteiger partial charge in [0.25, 0.3) is 0 Å². The van der Waals surface area contributed by atoms with Crippen molar-refractivity contribution >= 4 is 11.9 Å². The molecular weight excluding hydrogens is 340 g/mol. The molecule has 0 unspecified atom stereocenters. The average molecular weight is 366 g/mol. The number of fused-ring (bicyclic) bond motifs is 3. The van der Waals surface area contributed by atoms with Gasteiger partial charge in [-0.25, -0.2) is 0 Å². The average Bonchev–Trinajstić information content (AvgIpc) is 2.95. The van der Waals surface area contributed by atoms with Crippen LogP contribution in [0.25, 0.3) is 11.1 Å². The van der Waals surface area contributed by atoms with Crippen molar-refractivity contribution in [1.29, 1.82) is 0 Å². The summed E-state index contributed by atoms with van der Waals surface area (Å²) in [5, 5.41) is 0. The Labute approximate surface area is 160 Å². The molecule has 4 heteroatoms. The molecule has 0 saturated carbocycles. The van der Waals surface area contributed by atoms with Gasteiger partial charge in [-0.2, -0.15) is 0 Å². The first kappa shape index (κ1) is 19.2. The van der Waals surface area contributed by atoms with Gasteiger partial charge in [0, 0.05) is 0 Å². The maximum absolute atomic E-state index is 12.2. The van der Waals surface area contributed by atoms with Crippen LogP contribution in [0.2, 0.25) is 0 Å². The molecule has 0 aliphatic heterocycles. The summed E-state index contributed by atoms with van der Waals surface area (Å²) in [6, 6.07) is 16.1. The van der Waals surface area contributed by atoms with Crippen molar-refractivity contribution in [3.05, 3.63) is 59.7 Å². The van der Waals surface area contributed by atoms with Crippen LogP contribution < -0.4 is 0 Å². The number of hydrogen-bond donors (Lipinski definition) is 0. The number of benzene rings is 2. The standard InChI is InChI=1S/C23H26O4/c1-15(2)21(24)26-13-23(14-27-22(25)16(3)4)19-11-7-5-9-17(19)18-10-6-8-12-20(18)23/h5-12,15-16H,13-14H2,1-4H3. The molecule has 0 aromatic heterocycles. The molecule has 0 heterocycles. The Morgan fingerprint density at radius 3 is 1.48 bits per heavy atom. The molecule has 0 radical (unpaired) electrons. The molecule has 1 aliphatic rings. The van der Waals surface area contributed by atoms with Gasteiger partial charge >= 0.3 is 11.9 Å². The maximum Gasteiger partial charge on any atom is 0.308 e. The fourth-order valence-electron chi connectivity index (χ4n) is 3.49. The van der Waals surface area contributed by atoms with Gasteiger partial charge in [-0.3, -0.25) is 9.59 Å². The van der Waals surface area contributed by atoms with Gasteiger partial charge in [0.15, 0.2) is 0 Å². The molecule has 3 rings (SSSR count). The number of rotatable bonds is 6. The highest BCUT2D eigenvalue weighted by Crippen LogP contribution is 2.49. The van der Waals surface area contributed by atoms with E-state index in [1.54, 1.807) is 0 Å². The Kier molecular flexibility index (Phi) is 5.36. The Morgan fingerprint density at radius 2 is 1.11 bits per heavy atom. The first-order valence-corrected chi connectivity index (χ1v) is 9.39. The van der Waals surface area contributed by atoms with Crippen molar-refractivity contribution in [3.63, 3.8) is 0 Å². The zero-order valence-electron chi connectivity index (χ0n) is 16.3. The van der Waals surface area contributed by atoms with Crippen molar-refractivity contribution in [2.24, 2.45) is 11.8 Å². The third-order valence-corrected chi connectivity index (χ3v) is 5.04. The third-order valence-electron chi connectivity index (χ3n) is 5.04. The van der Waals surface area contributed by atoms with E-state index in [0.29, 0.717) is 0 Å². The highest BCUT2D eigenvalue weighted by atomic mass is 16.5. The van der Waals surface area contributed by atoms with E-state index in [-0.39, 0.29) is 37.0 Å². The second-order valence-electron chi connectivity index (χ2n) is 7.70. The van der Waals surface area contributed by atoms with Crippen molar-refractivity contribution in [2.75, 3.05) is 13.2 Å². The normalized spacial score (nSPS) is 14.0. The first-order valence-electron chi connectivity index (χ1n) is 9.39. The van der Waals surface area contributed by atoms with Gasteiger partial charge in [0.1, 0.15) is 13.2 Å². The lowest BCUT2D eigenvalue weighted by atomic mass is 9.79. The van der Waals surface area contributed by atoms with E-state index in [4.69, 9.17) is 9.47 Å². The van der Waals surface area contributed by atoms with Crippen LogP contribution in [-0.2, 0) is 24.5 Å². The minimum absolute atomic E-state index is 0.142. The van der Waals surface area contributed by atoms with Crippen LogP contribution in [0.3, 0.4) is 0 Å². The van der Waals surface area contributed by atoms with Crippen LogP contribution >= 0.6 is 0 Å². The molecule has 0 atom stereocenters. The number of carbonyl (C=O) groups is 2. The molecule has 0 amide bonds. The topological polar surface area (TPSA) is 52.6 Å². The molecule has 0 N–H and O–H groups in total. The molecular formula is C23H26O4.